The van der Waals surface area contributed by atoms with E-state index < -0.39 is 0 Å². The smallest absolute Gasteiger partial charge is 0.236 e. The van der Waals surface area contributed by atoms with E-state index in [-0.39, 0.29) is 5.91 Å². The van der Waals surface area contributed by atoms with Crippen molar-refractivity contribution in [1.29, 1.82) is 0 Å². The number of amides is 1. The number of rotatable bonds is 9. The Bertz CT molecular complexity index is 768. The number of ether oxygens (including phenoxy) is 1. The van der Waals surface area contributed by atoms with Crippen molar-refractivity contribution in [3.8, 4) is 5.75 Å². The van der Waals surface area contributed by atoms with E-state index in [2.05, 4.69) is 52.8 Å². The van der Waals surface area contributed by atoms with Crippen molar-refractivity contribution in [2.24, 2.45) is 0 Å². The molecule has 1 fully saturated rings. The molecule has 0 radical (unpaired) electrons. The first-order valence-corrected chi connectivity index (χ1v) is 10.2. The van der Waals surface area contributed by atoms with E-state index >= 15 is 0 Å². The van der Waals surface area contributed by atoms with Gasteiger partial charge in [-0.25, -0.2) is 0 Å². The van der Waals surface area contributed by atoms with Gasteiger partial charge in [0.15, 0.2) is 0 Å². The lowest BCUT2D eigenvalue weighted by molar-refractivity contribution is -0.132. The van der Waals surface area contributed by atoms with Crippen LogP contribution in [0.3, 0.4) is 0 Å². The van der Waals surface area contributed by atoms with E-state index in [9.17, 15) is 4.79 Å². The second-order valence-corrected chi connectivity index (χ2v) is 7.33. The summed E-state index contributed by atoms with van der Waals surface area (Å²) in [6.07, 6.45) is 2.81. The number of anilines is 1. The molecule has 0 N–H and O–H groups in total. The molecule has 0 saturated carbocycles. The van der Waals surface area contributed by atoms with E-state index in [0.717, 1.165) is 51.4 Å². The molecule has 1 saturated heterocycles. The molecule has 0 spiro atoms. The molecule has 3 rings (SSSR count). The lowest BCUT2D eigenvalue weighted by atomic mass is 10.1. The Morgan fingerprint density at radius 1 is 1.07 bits per heavy atom. The second kappa shape index (κ2) is 10.7. The number of carbonyl (C=O) groups excluding carboxylic acids is 1. The van der Waals surface area contributed by atoms with Crippen LogP contribution in [0.5, 0.6) is 5.75 Å². The zero-order valence-corrected chi connectivity index (χ0v) is 17.3. The largest absolute Gasteiger partial charge is 0.497 e. The Labute approximate surface area is 174 Å². The van der Waals surface area contributed by atoms with Crippen molar-refractivity contribution in [2.45, 2.75) is 6.42 Å². The molecule has 1 amide bonds. The predicted molar refractivity (Wildman–Crippen MR) is 119 cm³/mol. The van der Waals surface area contributed by atoms with Gasteiger partial charge in [0.05, 0.1) is 13.7 Å². The second-order valence-electron chi connectivity index (χ2n) is 7.33. The molecule has 154 valence electrons. The quantitative estimate of drug-likeness (QED) is 0.614. The Morgan fingerprint density at radius 3 is 2.38 bits per heavy atom. The van der Waals surface area contributed by atoms with Crippen LogP contribution in [0.4, 0.5) is 5.69 Å². The summed E-state index contributed by atoms with van der Waals surface area (Å²) < 4.78 is 5.23. The zero-order valence-electron chi connectivity index (χ0n) is 17.3. The number of benzene rings is 2. The van der Waals surface area contributed by atoms with Gasteiger partial charge in [-0.2, -0.15) is 0 Å². The molecule has 0 atom stereocenters. The molecule has 2 aromatic carbocycles. The third-order valence-electron chi connectivity index (χ3n) is 5.38. The van der Waals surface area contributed by atoms with Crippen molar-refractivity contribution in [1.82, 2.24) is 9.80 Å². The fourth-order valence-corrected chi connectivity index (χ4v) is 3.65. The zero-order chi connectivity index (χ0) is 20.5. The first-order valence-electron chi connectivity index (χ1n) is 10.2. The standard InChI is InChI=1S/C24H31N3O2/c1-3-14-25(15-13-21-7-5-4-6-8-21)20-24(28)27-18-16-26(17-19-27)22-9-11-23(29-2)12-10-22/h3-12H,1,13-20H2,2H3. The normalized spacial score (nSPS) is 14.1. The molecule has 5 heteroatoms. The van der Waals surface area contributed by atoms with Crippen LogP contribution in [-0.4, -0.2) is 68.6 Å². The predicted octanol–water partition coefficient (Wildman–Crippen LogP) is 3.07. The van der Waals surface area contributed by atoms with Crippen LogP contribution < -0.4 is 9.64 Å². The van der Waals surface area contributed by atoms with Crippen LogP contribution in [0.2, 0.25) is 0 Å². The first-order chi connectivity index (χ1) is 14.2. The lowest BCUT2D eigenvalue weighted by Crippen LogP contribution is -2.51. The van der Waals surface area contributed by atoms with Crippen molar-refractivity contribution in [3.05, 3.63) is 72.8 Å². The summed E-state index contributed by atoms with van der Waals surface area (Å²) in [5.41, 5.74) is 2.47. The van der Waals surface area contributed by atoms with E-state index in [1.54, 1.807) is 7.11 Å². The van der Waals surface area contributed by atoms with Gasteiger partial charge in [0, 0.05) is 45.0 Å². The number of carbonyl (C=O) groups is 1. The fraction of sp³-hybridized carbons (Fsp3) is 0.375. The van der Waals surface area contributed by atoms with E-state index in [0.29, 0.717) is 6.54 Å². The van der Waals surface area contributed by atoms with Gasteiger partial charge < -0.3 is 14.5 Å². The third kappa shape index (κ3) is 6.09. The molecular formula is C24H31N3O2. The van der Waals surface area contributed by atoms with Gasteiger partial charge in [-0.1, -0.05) is 36.4 Å². The first kappa shape index (κ1) is 20.9. The van der Waals surface area contributed by atoms with Gasteiger partial charge in [-0.3, -0.25) is 9.69 Å². The molecule has 0 bridgehead atoms. The van der Waals surface area contributed by atoms with Gasteiger partial charge in [-0.05, 0) is 36.2 Å². The third-order valence-corrected chi connectivity index (χ3v) is 5.38. The number of hydrogen-bond acceptors (Lipinski definition) is 4. The number of hydrogen-bond donors (Lipinski definition) is 0. The average molecular weight is 394 g/mol. The van der Waals surface area contributed by atoms with Crippen LogP contribution >= 0.6 is 0 Å². The highest BCUT2D eigenvalue weighted by Crippen LogP contribution is 2.20. The SMILES string of the molecule is C=CCN(CCc1ccccc1)CC(=O)N1CCN(c2ccc(OC)cc2)CC1. The van der Waals surface area contributed by atoms with Crippen LogP contribution in [0.15, 0.2) is 67.3 Å². The maximum Gasteiger partial charge on any atom is 0.236 e. The Kier molecular flexibility index (Phi) is 7.70. The monoisotopic (exact) mass is 393 g/mol. The molecule has 1 aliphatic rings. The van der Waals surface area contributed by atoms with Gasteiger partial charge in [-0.15, -0.1) is 6.58 Å². The summed E-state index contributed by atoms with van der Waals surface area (Å²) in [5, 5.41) is 0. The molecule has 2 aromatic rings. The summed E-state index contributed by atoms with van der Waals surface area (Å²) >= 11 is 0. The van der Waals surface area contributed by atoms with Gasteiger partial charge in [0.1, 0.15) is 5.75 Å². The summed E-state index contributed by atoms with van der Waals surface area (Å²) in [7, 11) is 1.68. The highest BCUT2D eigenvalue weighted by atomic mass is 16.5. The molecule has 29 heavy (non-hydrogen) atoms. The minimum atomic E-state index is 0.203. The summed E-state index contributed by atoms with van der Waals surface area (Å²) in [6, 6.07) is 18.5. The van der Waals surface area contributed by atoms with Crippen molar-refractivity contribution >= 4 is 11.6 Å². The van der Waals surface area contributed by atoms with Crippen LogP contribution in [0.25, 0.3) is 0 Å². The van der Waals surface area contributed by atoms with Crippen molar-refractivity contribution in [3.63, 3.8) is 0 Å². The van der Waals surface area contributed by atoms with E-state index in [1.165, 1.54) is 11.3 Å². The summed E-state index contributed by atoms with van der Waals surface area (Å²) in [5.74, 6) is 1.06. The number of piperazine rings is 1. The highest BCUT2D eigenvalue weighted by Gasteiger charge is 2.22. The molecule has 1 aliphatic heterocycles. The molecule has 0 aliphatic carbocycles. The maximum absolute atomic E-state index is 12.8. The van der Waals surface area contributed by atoms with Crippen LogP contribution in [-0.2, 0) is 11.2 Å². The molecule has 0 aromatic heterocycles. The van der Waals surface area contributed by atoms with Crippen LogP contribution in [0.1, 0.15) is 5.56 Å². The Hall–Kier alpha value is -2.79. The molecular weight excluding hydrogens is 362 g/mol. The molecule has 5 nitrogen and oxygen atoms in total. The molecule has 1 heterocycles. The van der Waals surface area contributed by atoms with E-state index in [1.807, 2.05) is 29.2 Å². The number of methoxy groups -OCH3 is 1. The molecule has 0 unspecified atom stereocenters. The Balaban J connectivity index is 1.48. The highest BCUT2D eigenvalue weighted by molar-refractivity contribution is 5.78. The summed E-state index contributed by atoms with van der Waals surface area (Å²) in [6.45, 7) is 9.09. The average Bonchev–Trinajstić information content (AvgIpc) is 2.78. The minimum absolute atomic E-state index is 0.203. The lowest BCUT2D eigenvalue weighted by Gasteiger charge is -2.37. The van der Waals surface area contributed by atoms with Gasteiger partial charge in [0.25, 0.3) is 0 Å². The summed E-state index contributed by atoms with van der Waals surface area (Å²) in [4.78, 5) is 19.3. The maximum atomic E-state index is 12.8. The minimum Gasteiger partial charge on any atom is -0.497 e. The van der Waals surface area contributed by atoms with Gasteiger partial charge in [0.2, 0.25) is 5.91 Å². The van der Waals surface area contributed by atoms with Gasteiger partial charge >= 0.3 is 0 Å². The topological polar surface area (TPSA) is 36.0 Å². The van der Waals surface area contributed by atoms with Crippen molar-refractivity contribution < 1.29 is 9.53 Å². The van der Waals surface area contributed by atoms with Crippen molar-refractivity contribution in [2.75, 3.05) is 57.8 Å². The Morgan fingerprint density at radius 2 is 1.76 bits per heavy atom. The fourth-order valence-electron chi connectivity index (χ4n) is 3.65. The number of nitrogens with zero attached hydrogens (tertiary/aromatic N) is 3. The van der Waals surface area contributed by atoms with E-state index in [4.69, 9.17) is 4.74 Å². The van der Waals surface area contributed by atoms with Crippen LogP contribution in [0, 0.1) is 0 Å².